The van der Waals surface area contributed by atoms with Crippen molar-refractivity contribution in [1.29, 1.82) is 0 Å². The molecule has 0 saturated carbocycles. The first-order valence-corrected chi connectivity index (χ1v) is 2.90. The van der Waals surface area contributed by atoms with Gasteiger partial charge >= 0.3 is 0 Å². The fourth-order valence-electron chi connectivity index (χ4n) is 0.822. The molecule has 1 unspecified atom stereocenters. The maximum atomic E-state index is 3.25. The summed E-state index contributed by atoms with van der Waals surface area (Å²) in [6, 6.07) is 0.514. The van der Waals surface area contributed by atoms with Crippen molar-refractivity contribution in [2.24, 2.45) is 0 Å². The summed E-state index contributed by atoms with van der Waals surface area (Å²) in [5.74, 6) is 0. The number of nitrogens with one attached hydrogen (secondary N) is 1. The monoisotopic (exact) mass is 109 g/mol. The van der Waals surface area contributed by atoms with Crippen molar-refractivity contribution in [1.82, 2.24) is 5.32 Å². The Morgan fingerprint density at radius 3 is 2.75 bits per heavy atom. The Morgan fingerprint density at radius 1 is 1.62 bits per heavy atom. The van der Waals surface area contributed by atoms with E-state index in [1.807, 2.05) is 0 Å². The van der Waals surface area contributed by atoms with E-state index in [1.54, 1.807) is 0 Å². The molecule has 1 heterocycles. The molecule has 1 heteroatoms. The molecule has 1 aliphatic rings. The maximum Gasteiger partial charge on any atom is 0.0416 e. The van der Waals surface area contributed by atoms with Crippen LogP contribution >= 0.6 is 0 Å². The van der Waals surface area contributed by atoms with E-state index in [4.69, 9.17) is 0 Å². The van der Waals surface area contributed by atoms with Gasteiger partial charge in [0.1, 0.15) is 0 Å². The summed E-state index contributed by atoms with van der Waals surface area (Å²) in [4.78, 5) is 0. The molecule has 1 atom stereocenters. The lowest BCUT2D eigenvalue weighted by atomic mass is 10.2. The first-order valence-electron chi connectivity index (χ1n) is 2.90. The van der Waals surface area contributed by atoms with E-state index in [0.717, 1.165) is 0 Å². The van der Waals surface area contributed by atoms with Crippen LogP contribution in [0.4, 0.5) is 0 Å². The average molecular weight is 109 g/mol. The number of allylic oxidation sites excluding steroid dienone is 3. The lowest BCUT2D eigenvalue weighted by Gasteiger charge is -2.13. The molecule has 1 N–H and O–H groups in total. The summed E-state index contributed by atoms with van der Waals surface area (Å²) >= 11 is 0. The lowest BCUT2D eigenvalue weighted by Crippen LogP contribution is -2.23. The third-order valence-electron chi connectivity index (χ3n) is 1.20. The zero-order valence-electron chi connectivity index (χ0n) is 5.31. The molecule has 44 valence electrons. The summed E-state index contributed by atoms with van der Waals surface area (Å²) in [7, 11) is 0. The summed E-state index contributed by atoms with van der Waals surface area (Å²) in [6.45, 7) is 4.20. The molecule has 0 radical (unpaired) electrons. The summed E-state index contributed by atoms with van der Waals surface area (Å²) in [5, 5.41) is 3.25. The molecule has 1 nitrogen and oxygen atoms in total. The molecule has 8 heavy (non-hydrogen) atoms. The third kappa shape index (κ3) is 1.12. The first kappa shape index (κ1) is 5.42. The second-order valence-corrected chi connectivity index (χ2v) is 2.17. The van der Waals surface area contributed by atoms with E-state index in [2.05, 4.69) is 37.4 Å². The van der Waals surface area contributed by atoms with Crippen molar-refractivity contribution in [3.63, 3.8) is 0 Å². The van der Waals surface area contributed by atoms with Gasteiger partial charge in [-0.15, -0.1) is 0 Å². The standard InChI is InChI=1S/C7H11N/c1-6-4-3-5-7(2)8-6/h3-6,8H,1-2H3. The molecular weight excluding hydrogens is 98.1 g/mol. The second-order valence-electron chi connectivity index (χ2n) is 2.17. The Kier molecular flexibility index (Phi) is 1.38. The molecule has 1 rings (SSSR count). The third-order valence-corrected chi connectivity index (χ3v) is 1.20. The van der Waals surface area contributed by atoms with E-state index in [-0.39, 0.29) is 0 Å². The largest absolute Gasteiger partial charge is 0.383 e. The van der Waals surface area contributed by atoms with E-state index in [1.165, 1.54) is 5.70 Å². The minimum atomic E-state index is 0.514. The smallest absolute Gasteiger partial charge is 0.0416 e. The molecule has 0 bridgehead atoms. The number of dihydropyridines is 1. The van der Waals surface area contributed by atoms with Crippen LogP contribution in [0.2, 0.25) is 0 Å². The Hall–Kier alpha value is -0.720. The van der Waals surface area contributed by atoms with Gasteiger partial charge in [0.25, 0.3) is 0 Å². The molecule has 0 aromatic rings. The zero-order chi connectivity index (χ0) is 5.98. The SMILES string of the molecule is CC1=CC=CC(C)N1. The van der Waals surface area contributed by atoms with Crippen molar-refractivity contribution in [3.8, 4) is 0 Å². The predicted octanol–water partition coefficient (Wildman–Crippen LogP) is 1.44. The first-order chi connectivity index (χ1) is 3.79. The highest BCUT2D eigenvalue weighted by Crippen LogP contribution is 1.98. The van der Waals surface area contributed by atoms with Gasteiger partial charge in [-0.1, -0.05) is 12.2 Å². The molecule has 0 amide bonds. The van der Waals surface area contributed by atoms with Crippen LogP contribution < -0.4 is 5.32 Å². The molecular formula is C7H11N. The van der Waals surface area contributed by atoms with Crippen molar-refractivity contribution < 1.29 is 0 Å². The summed E-state index contributed by atoms with van der Waals surface area (Å²) < 4.78 is 0. The van der Waals surface area contributed by atoms with Gasteiger partial charge in [-0.05, 0) is 19.9 Å². The van der Waals surface area contributed by atoms with Gasteiger partial charge in [0.15, 0.2) is 0 Å². The number of hydrogen-bond acceptors (Lipinski definition) is 1. The Morgan fingerprint density at radius 2 is 2.38 bits per heavy atom. The average Bonchev–Trinajstić information content (AvgIpc) is 1.64. The van der Waals surface area contributed by atoms with Gasteiger partial charge in [-0.25, -0.2) is 0 Å². The van der Waals surface area contributed by atoms with Gasteiger partial charge in [0.05, 0.1) is 0 Å². The normalized spacial score (nSPS) is 26.8. The minimum Gasteiger partial charge on any atom is -0.383 e. The number of hydrogen-bond donors (Lipinski definition) is 1. The Bertz CT molecular complexity index is 133. The van der Waals surface area contributed by atoms with Crippen LogP contribution in [0.15, 0.2) is 23.9 Å². The second kappa shape index (κ2) is 2.03. The molecule has 0 aromatic carbocycles. The van der Waals surface area contributed by atoms with Crippen molar-refractivity contribution in [2.45, 2.75) is 19.9 Å². The molecule has 1 aliphatic heterocycles. The van der Waals surface area contributed by atoms with Gasteiger partial charge in [-0.2, -0.15) is 0 Å². The van der Waals surface area contributed by atoms with Crippen molar-refractivity contribution in [3.05, 3.63) is 23.9 Å². The Balaban J connectivity index is 2.59. The molecule has 0 fully saturated rings. The maximum absolute atomic E-state index is 3.25. The number of rotatable bonds is 0. The molecule has 0 saturated heterocycles. The lowest BCUT2D eigenvalue weighted by molar-refractivity contribution is 0.718. The van der Waals surface area contributed by atoms with Crippen LogP contribution in [0.3, 0.4) is 0 Å². The highest BCUT2D eigenvalue weighted by molar-refractivity contribution is 5.17. The van der Waals surface area contributed by atoms with Crippen LogP contribution in [-0.2, 0) is 0 Å². The van der Waals surface area contributed by atoms with Gasteiger partial charge in [-0.3, -0.25) is 0 Å². The fraction of sp³-hybridized carbons (Fsp3) is 0.429. The fourth-order valence-corrected chi connectivity index (χ4v) is 0.822. The van der Waals surface area contributed by atoms with Crippen LogP contribution in [0, 0.1) is 0 Å². The van der Waals surface area contributed by atoms with E-state index >= 15 is 0 Å². The molecule has 0 spiro atoms. The van der Waals surface area contributed by atoms with E-state index in [0.29, 0.717) is 6.04 Å². The summed E-state index contributed by atoms with van der Waals surface area (Å²) in [6.07, 6.45) is 6.28. The van der Waals surface area contributed by atoms with Crippen molar-refractivity contribution in [2.75, 3.05) is 0 Å². The van der Waals surface area contributed by atoms with Crippen LogP contribution in [0.1, 0.15) is 13.8 Å². The van der Waals surface area contributed by atoms with Crippen molar-refractivity contribution >= 4 is 0 Å². The highest BCUT2D eigenvalue weighted by atomic mass is 14.9. The quantitative estimate of drug-likeness (QED) is 0.496. The van der Waals surface area contributed by atoms with E-state index in [9.17, 15) is 0 Å². The predicted molar refractivity (Wildman–Crippen MR) is 35.5 cm³/mol. The Labute approximate surface area is 50.1 Å². The van der Waals surface area contributed by atoms with Crippen LogP contribution in [0.5, 0.6) is 0 Å². The zero-order valence-corrected chi connectivity index (χ0v) is 5.31. The van der Waals surface area contributed by atoms with Gasteiger partial charge in [0, 0.05) is 11.7 Å². The topological polar surface area (TPSA) is 12.0 Å². The summed E-state index contributed by atoms with van der Waals surface area (Å²) in [5.41, 5.74) is 1.25. The molecule has 0 aromatic heterocycles. The van der Waals surface area contributed by atoms with E-state index < -0.39 is 0 Å². The van der Waals surface area contributed by atoms with Gasteiger partial charge < -0.3 is 5.32 Å². The van der Waals surface area contributed by atoms with Gasteiger partial charge in [0.2, 0.25) is 0 Å². The minimum absolute atomic E-state index is 0.514. The van der Waals surface area contributed by atoms with Crippen LogP contribution in [0.25, 0.3) is 0 Å². The van der Waals surface area contributed by atoms with Crippen LogP contribution in [-0.4, -0.2) is 6.04 Å². The molecule has 0 aliphatic carbocycles. The highest BCUT2D eigenvalue weighted by Gasteiger charge is 1.97.